The summed E-state index contributed by atoms with van der Waals surface area (Å²) in [5.41, 5.74) is 0.854. The average Bonchev–Trinajstić information content (AvgIpc) is 2.77. The van der Waals surface area contributed by atoms with Crippen LogP contribution in [0.15, 0.2) is 11.2 Å². The molecule has 0 unspecified atom stereocenters. The van der Waals surface area contributed by atoms with Gasteiger partial charge in [0.2, 0.25) is 5.91 Å². The third-order valence-electron chi connectivity index (χ3n) is 5.27. The highest BCUT2D eigenvalue weighted by Gasteiger charge is 2.21. The van der Waals surface area contributed by atoms with Crippen molar-refractivity contribution in [1.29, 1.82) is 0 Å². The van der Waals surface area contributed by atoms with Crippen molar-refractivity contribution >= 4 is 23.5 Å². The monoisotopic (exact) mass is 452 g/mol. The highest BCUT2D eigenvalue weighted by molar-refractivity contribution is 7.98. The molecule has 1 saturated carbocycles. The van der Waals surface area contributed by atoms with Crippen molar-refractivity contribution in [2.45, 2.75) is 89.6 Å². The Kier molecular flexibility index (Phi) is 12.2. The number of hydrogen-bond donors (Lipinski definition) is 2. The van der Waals surface area contributed by atoms with Crippen molar-refractivity contribution in [2.24, 2.45) is 5.92 Å². The third kappa shape index (κ3) is 10.2. The molecule has 0 bridgehead atoms. The fourth-order valence-corrected chi connectivity index (χ4v) is 4.08. The van der Waals surface area contributed by atoms with Gasteiger partial charge in [0.15, 0.2) is 5.16 Å². The molecule has 31 heavy (non-hydrogen) atoms. The number of amides is 1. The molecule has 8 heteroatoms. The maximum Gasteiger partial charge on any atom is 0.242 e. The number of nitrogens with zero attached hydrogens (tertiary/aromatic N) is 2. The van der Waals surface area contributed by atoms with Crippen LogP contribution < -0.4 is 10.6 Å². The average molecular weight is 453 g/mol. The van der Waals surface area contributed by atoms with E-state index in [1.54, 1.807) is 0 Å². The van der Waals surface area contributed by atoms with Crippen LogP contribution in [0.4, 0.5) is 5.82 Å². The van der Waals surface area contributed by atoms with Crippen molar-refractivity contribution in [2.75, 3.05) is 31.3 Å². The van der Waals surface area contributed by atoms with E-state index in [0.717, 1.165) is 31.4 Å². The number of rotatable bonds is 14. The Morgan fingerprint density at radius 3 is 2.71 bits per heavy atom. The van der Waals surface area contributed by atoms with Crippen molar-refractivity contribution in [3.8, 4) is 0 Å². The van der Waals surface area contributed by atoms with Gasteiger partial charge in [-0.25, -0.2) is 9.97 Å². The summed E-state index contributed by atoms with van der Waals surface area (Å²) < 4.78 is 11.5. The number of aromatic nitrogens is 2. The summed E-state index contributed by atoms with van der Waals surface area (Å²) in [6, 6.07) is 1.57. The molecule has 0 saturated heterocycles. The zero-order valence-corrected chi connectivity index (χ0v) is 20.4. The lowest BCUT2D eigenvalue weighted by Crippen LogP contribution is -2.41. The van der Waals surface area contributed by atoms with Gasteiger partial charge in [-0.05, 0) is 44.8 Å². The van der Waals surface area contributed by atoms with Crippen molar-refractivity contribution in [3.63, 3.8) is 0 Å². The van der Waals surface area contributed by atoms with Gasteiger partial charge in [0, 0.05) is 25.8 Å². The van der Waals surface area contributed by atoms with Crippen LogP contribution >= 0.6 is 11.8 Å². The van der Waals surface area contributed by atoms with Crippen LogP contribution in [0, 0.1) is 5.92 Å². The molecular weight excluding hydrogens is 412 g/mol. The minimum atomic E-state index is -0.344. The fourth-order valence-electron chi connectivity index (χ4n) is 3.68. The van der Waals surface area contributed by atoms with E-state index in [4.69, 9.17) is 9.47 Å². The molecule has 1 atom stereocenters. The first-order chi connectivity index (χ1) is 15.0. The largest absolute Gasteiger partial charge is 0.382 e. The second-order valence-corrected chi connectivity index (χ2v) is 9.24. The minimum Gasteiger partial charge on any atom is -0.382 e. The van der Waals surface area contributed by atoms with Crippen LogP contribution in [-0.2, 0) is 20.9 Å². The van der Waals surface area contributed by atoms with Gasteiger partial charge in [-0.2, -0.15) is 0 Å². The van der Waals surface area contributed by atoms with Crippen LogP contribution in [0.2, 0.25) is 0 Å². The van der Waals surface area contributed by atoms with E-state index in [9.17, 15) is 4.79 Å². The summed E-state index contributed by atoms with van der Waals surface area (Å²) in [6.45, 7) is 8.65. The first kappa shape index (κ1) is 25.9. The molecule has 1 fully saturated rings. The van der Waals surface area contributed by atoms with Crippen LogP contribution in [-0.4, -0.2) is 54.0 Å². The molecule has 0 aromatic carbocycles. The van der Waals surface area contributed by atoms with Crippen molar-refractivity contribution < 1.29 is 14.3 Å². The zero-order chi connectivity index (χ0) is 22.5. The van der Waals surface area contributed by atoms with Gasteiger partial charge >= 0.3 is 0 Å². The van der Waals surface area contributed by atoms with Gasteiger partial charge in [0.1, 0.15) is 11.9 Å². The summed E-state index contributed by atoms with van der Waals surface area (Å²) in [6.07, 6.45) is 9.88. The number of anilines is 1. The Labute approximate surface area is 191 Å². The summed E-state index contributed by atoms with van der Waals surface area (Å²) in [4.78, 5) is 22.0. The fraction of sp³-hybridized carbons (Fsp3) is 0.783. The molecular formula is C23H40N4O3S. The molecule has 7 nitrogen and oxygen atoms in total. The molecule has 0 radical (unpaired) electrons. The molecule has 176 valence electrons. The molecule has 2 rings (SSSR count). The molecule has 1 amide bonds. The summed E-state index contributed by atoms with van der Waals surface area (Å²) in [5.74, 6) is 1.05. The van der Waals surface area contributed by atoms with Gasteiger partial charge in [-0.1, -0.05) is 44.9 Å². The Bertz CT molecular complexity index is 654. The van der Waals surface area contributed by atoms with Crippen molar-refractivity contribution in [1.82, 2.24) is 15.3 Å². The normalized spacial score (nSPS) is 15.8. The van der Waals surface area contributed by atoms with E-state index in [2.05, 4.69) is 34.4 Å². The Balaban J connectivity index is 1.99. The quantitative estimate of drug-likeness (QED) is 0.245. The van der Waals surface area contributed by atoms with Gasteiger partial charge in [-0.3, -0.25) is 4.79 Å². The minimum absolute atomic E-state index is 0.00508. The van der Waals surface area contributed by atoms with E-state index in [-0.39, 0.29) is 11.9 Å². The lowest BCUT2D eigenvalue weighted by atomic mass is 9.98. The SMILES string of the molecule is CCOCCCNC(=O)[C@H](CC(C)C)Nc1cc(COC2CCCCC2)nc(SC)n1. The molecule has 1 heterocycles. The predicted molar refractivity (Wildman–Crippen MR) is 126 cm³/mol. The first-order valence-electron chi connectivity index (χ1n) is 11.7. The van der Waals surface area contributed by atoms with Gasteiger partial charge in [0.05, 0.1) is 18.4 Å². The number of thioether (sulfide) groups is 1. The number of nitrogens with one attached hydrogen (secondary N) is 2. The molecule has 0 aliphatic heterocycles. The first-order valence-corrected chi connectivity index (χ1v) is 12.9. The lowest BCUT2D eigenvalue weighted by Gasteiger charge is -2.23. The maximum atomic E-state index is 12.8. The Morgan fingerprint density at radius 1 is 1.26 bits per heavy atom. The van der Waals surface area contributed by atoms with E-state index in [1.165, 1.54) is 31.0 Å². The van der Waals surface area contributed by atoms with Gasteiger partial charge < -0.3 is 20.1 Å². The predicted octanol–water partition coefficient (Wildman–Crippen LogP) is 4.42. The topological polar surface area (TPSA) is 85.4 Å². The number of ether oxygens (including phenoxy) is 2. The highest BCUT2D eigenvalue weighted by atomic mass is 32.2. The summed E-state index contributed by atoms with van der Waals surface area (Å²) in [5, 5.41) is 7.06. The molecule has 1 aliphatic carbocycles. The molecule has 1 aromatic heterocycles. The summed E-state index contributed by atoms with van der Waals surface area (Å²) >= 11 is 1.50. The molecule has 0 spiro atoms. The van der Waals surface area contributed by atoms with Gasteiger partial charge in [-0.15, -0.1) is 0 Å². The number of carbonyl (C=O) groups is 1. The van der Waals surface area contributed by atoms with Crippen molar-refractivity contribution in [3.05, 3.63) is 11.8 Å². The number of carbonyl (C=O) groups excluding carboxylic acids is 1. The van der Waals surface area contributed by atoms with Crippen LogP contribution in [0.5, 0.6) is 0 Å². The van der Waals surface area contributed by atoms with Gasteiger partial charge in [0.25, 0.3) is 0 Å². The number of hydrogen-bond acceptors (Lipinski definition) is 7. The van der Waals surface area contributed by atoms with E-state index in [0.29, 0.717) is 49.4 Å². The molecule has 2 N–H and O–H groups in total. The zero-order valence-electron chi connectivity index (χ0n) is 19.6. The summed E-state index contributed by atoms with van der Waals surface area (Å²) in [7, 11) is 0. The molecule has 1 aliphatic rings. The lowest BCUT2D eigenvalue weighted by molar-refractivity contribution is -0.122. The molecule has 1 aromatic rings. The Hall–Kier alpha value is -1.38. The maximum absolute atomic E-state index is 12.8. The Morgan fingerprint density at radius 2 is 2.03 bits per heavy atom. The second kappa shape index (κ2) is 14.6. The van der Waals surface area contributed by atoms with E-state index < -0.39 is 0 Å². The standard InChI is InChI=1S/C23H40N4O3S/c1-5-29-13-9-12-24-22(28)20(14-17(2)3)26-21-15-18(25-23(27-21)31-4)16-30-19-10-7-6-8-11-19/h15,17,19-20H,5-14,16H2,1-4H3,(H,24,28)(H,25,26,27)/t20-/m0/s1. The second-order valence-electron chi connectivity index (χ2n) is 8.47. The smallest absolute Gasteiger partial charge is 0.242 e. The van der Waals surface area contributed by atoms with Crippen LogP contribution in [0.3, 0.4) is 0 Å². The highest BCUT2D eigenvalue weighted by Crippen LogP contribution is 2.22. The van der Waals surface area contributed by atoms with Crippen LogP contribution in [0.25, 0.3) is 0 Å². The third-order valence-corrected chi connectivity index (χ3v) is 5.82. The van der Waals surface area contributed by atoms with E-state index >= 15 is 0 Å². The van der Waals surface area contributed by atoms with E-state index in [1.807, 2.05) is 19.2 Å². The van der Waals surface area contributed by atoms with Crippen LogP contribution in [0.1, 0.15) is 71.4 Å².